The fourth-order valence-electron chi connectivity index (χ4n) is 1.48. The lowest BCUT2D eigenvalue weighted by atomic mass is 10.2. The smallest absolute Gasteiger partial charge is 0.274 e. The van der Waals surface area contributed by atoms with Crippen LogP contribution in [0.4, 0.5) is 11.4 Å². The summed E-state index contributed by atoms with van der Waals surface area (Å²) in [6.07, 6.45) is 0. The molecule has 1 aromatic rings. The van der Waals surface area contributed by atoms with E-state index in [4.69, 9.17) is 0 Å². The Morgan fingerprint density at radius 3 is 2.63 bits per heavy atom. The number of benzene rings is 1. The van der Waals surface area contributed by atoms with Crippen molar-refractivity contribution < 1.29 is 13.3 Å². The monoisotopic (exact) mass is 287 g/mol. The van der Waals surface area contributed by atoms with Crippen molar-refractivity contribution in [3.05, 3.63) is 33.9 Å². The molecule has 0 aliphatic heterocycles. The second kappa shape index (κ2) is 6.48. The van der Waals surface area contributed by atoms with Crippen LogP contribution in [-0.4, -0.2) is 32.2 Å². The van der Waals surface area contributed by atoms with E-state index in [1.807, 2.05) is 6.92 Å². The maximum atomic E-state index is 11.7. The number of anilines is 1. The number of hydrogen-bond acceptors (Lipinski definition) is 5. The van der Waals surface area contributed by atoms with Gasteiger partial charge in [-0.2, -0.15) is 0 Å². The molecular weight excluding hydrogens is 270 g/mol. The highest BCUT2D eigenvalue weighted by Crippen LogP contribution is 2.22. The number of hydrogen-bond donors (Lipinski definition) is 2. The summed E-state index contributed by atoms with van der Waals surface area (Å²) in [5, 5.41) is 13.7. The number of nitro benzene ring substituents is 1. The van der Waals surface area contributed by atoms with Gasteiger partial charge < -0.3 is 5.32 Å². The molecule has 0 aliphatic carbocycles. The van der Waals surface area contributed by atoms with Crippen molar-refractivity contribution in [1.82, 2.24) is 5.32 Å². The minimum atomic E-state index is -3.50. The van der Waals surface area contributed by atoms with Crippen LogP contribution in [0.1, 0.15) is 12.5 Å². The van der Waals surface area contributed by atoms with Crippen LogP contribution in [0.2, 0.25) is 0 Å². The average molecular weight is 287 g/mol. The summed E-state index contributed by atoms with van der Waals surface area (Å²) in [6, 6.07) is 4.24. The first-order valence-corrected chi connectivity index (χ1v) is 7.47. The van der Waals surface area contributed by atoms with Gasteiger partial charge in [-0.15, -0.1) is 0 Å². The summed E-state index contributed by atoms with van der Waals surface area (Å²) in [7, 11) is -3.50. The van der Waals surface area contributed by atoms with Crippen molar-refractivity contribution in [1.29, 1.82) is 0 Å². The van der Waals surface area contributed by atoms with Crippen LogP contribution in [0.5, 0.6) is 0 Å². The summed E-state index contributed by atoms with van der Waals surface area (Å²) in [5.41, 5.74) is 0.585. The Morgan fingerprint density at radius 1 is 1.37 bits per heavy atom. The highest BCUT2D eigenvalue weighted by atomic mass is 32.2. The normalized spacial score (nSPS) is 11.3. The Labute approximate surface area is 112 Å². The molecule has 2 N–H and O–H groups in total. The molecule has 0 amide bonds. The van der Waals surface area contributed by atoms with Crippen LogP contribution in [0.25, 0.3) is 0 Å². The van der Waals surface area contributed by atoms with Gasteiger partial charge in [-0.25, -0.2) is 8.42 Å². The van der Waals surface area contributed by atoms with E-state index in [1.54, 1.807) is 6.92 Å². The molecule has 0 heterocycles. The predicted octanol–water partition coefficient (Wildman–Crippen LogP) is 1.25. The van der Waals surface area contributed by atoms with E-state index in [2.05, 4.69) is 10.0 Å². The number of aryl methyl sites for hydroxylation is 1. The van der Waals surface area contributed by atoms with E-state index in [0.717, 1.165) is 0 Å². The zero-order valence-electron chi connectivity index (χ0n) is 10.8. The van der Waals surface area contributed by atoms with Gasteiger partial charge in [-0.1, -0.05) is 13.0 Å². The van der Waals surface area contributed by atoms with Gasteiger partial charge in [0.2, 0.25) is 10.0 Å². The van der Waals surface area contributed by atoms with Crippen LogP contribution in [0.3, 0.4) is 0 Å². The van der Waals surface area contributed by atoms with E-state index >= 15 is 0 Å². The summed E-state index contributed by atoms with van der Waals surface area (Å²) >= 11 is 0. The topological polar surface area (TPSA) is 101 Å². The largest absolute Gasteiger partial charge is 0.316 e. The van der Waals surface area contributed by atoms with Crippen LogP contribution in [0.15, 0.2) is 18.2 Å². The molecule has 0 aliphatic rings. The van der Waals surface area contributed by atoms with Crippen molar-refractivity contribution >= 4 is 21.4 Å². The fraction of sp³-hybridized carbons (Fsp3) is 0.455. The Morgan fingerprint density at radius 2 is 2.05 bits per heavy atom. The van der Waals surface area contributed by atoms with E-state index in [-0.39, 0.29) is 17.1 Å². The molecule has 0 radical (unpaired) electrons. The van der Waals surface area contributed by atoms with Crippen LogP contribution in [0, 0.1) is 17.0 Å². The third kappa shape index (κ3) is 4.84. The van der Waals surface area contributed by atoms with Crippen LogP contribution >= 0.6 is 0 Å². The molecule has 19 heavy (non-hydrogen) atoms. The fourth-order valence-corrected chi connectivity index (χ4v) is 2.48. The number of rotatable bonds is 7. The molecule has 106 valence electrons. The number of nitro groups is 1. The summed E-state index contributed by atoms with van der Waals surface area (Å²) < 4.78 is 25.8. The minimum Gasteiger partial charge on any atom is -0.316 e. The van der Waals surface area contributed by atoms with Crippen molar-refractivity contribution in [3.8, 4) is 0 Å². The van der Waals surface area contributed by atoms with Crippen molar-refractivity contribution in [2.75, 3.05) is 23.6 Å². The Bertz CT molecular complexity index is 557. The van der Waals surface area contributed by atoms with E-state index in [0.29, 0.717) is 18.7 Å². The highest BCUT2D eigenvalue weighted by molar-refractivity contribution is 7.92. The first-order valence-electron chi connectivity index (χ1n) is 5.82. The first-order chi connectivity index (χ1) is 8.85. The average Bonchev–Trinajstić information content (AvgIpc) is 2.31. The molecule has 1 aromatic carbocycles. The molecule has 1 rings (SSSR count). The lowest BCUT2D eigenvalue weighted by Crippen LogP contribution is -2.26. The lowest BCUT2D eigenvalue weighted by molar-refractivity contribution is -0.385. The van der Waals surface area contributed by atoms with Crippen molar-refractivity contribution in [2.45, 2.75) is 13.8 Å². The predicted molar refractivity (Wildman–Crippen MR) is 73.8 cm³/mol. The number of sulfonamides is 1. The van der Waals surface area contributed by atoms with Gasteiger partial charge >= 0.3 is 0 Å². The zero-order chi connectivity index (χ0) is 14.5. The standard InChI is InChI=1S/C11H17N3O4S/c1-3-12-6-7-19(17,18)13-10-5-4-9(2)11(8-10)14(15)16/h4-5,8,12-13H,3,6-7H2,1-2H3. The molecule has 0 saturated carbocycles. The molecule has 0 unspecified atom stereocenters. The SMILES string of the molecule is CCNCCS(=O)(=O)Nc1ccc(C)c([N+](=O)[O-])c1. The Kier molecular flexibility index (Phi) is 5.25. The van der Waals surface area contributed by atoms with Gasteiger partial charge in [0.1, 0.15) is 0 Å². The molecule has 0 aromatic heterocycles. The van der Waals surface area contributed by atoms with E-state index in [1.165, 1.54) is 18.2 Å². The van der Waals surface area contributed by atoms with Crippen molar-refractivity contribution in [2.24, 2.45) is 0 Å². The van der Waals surface area contributed by atoms with Crippen molar-refractivity contribution in [3.63, 3.8) is 0 Å². The summed E-state index contributed by atoms with van der Waals surface area (Å²) in [5.74, 6) is -0.0808. The molecule has 8 heteroatoms. The summed E-state index contributed by atoms with van der Waals surface area (Å²) in [6.45, 7) is 4.50. The third-order valence-corrected chi connectivity index (χ3v) is 3.77. The van der Waals surface area contributed by atoms with Gasteiger partial charge in [0.05, 0.1) is 16.4 Å². The summed E-state index contributed by atoms with van der Waals surface area (Å²) in [4.78, 5) is 10.2. The van der Waals surface area contributed by atoms with E-state index in [9.17, 15) is 18.5 Å². The first kappa shape index (κ1) is 15.4. The lowest BCUT2D eigenvalue weighted by Gasteiger charge is -2.08. The van der Waals surface area contributed by atoms with Gasteiger partial charge in [0.25, 0.3) is 5.69 Å². The zero-order valence-corrected chi connectivity index (χ0v) is 11.7. The maximum Gasteiger partial charge on any atom is 0.274 e. The van der Waals surface area contributed by atoms with Crippen LogP contribution < -0.4 is 10.0 Å². The maximum absolute atomic E-state index is 11.7. The Balaban J connectivity index is 2.82. The number of nitrogens with one attached hydrogen (secondary N) is 2. The second-order valence-electron chi connectivity index (χ2n) is 4.03. The van der Waals surface area contributed by atoms with Gasteiger partial charge in [0, 0.05) is 18.2 Å². The minimum absolute atomic E-state index is 0.0808. The number of nitrogens with zero attached hydrogens (tertiary/aromatic N) is 1. The second-order valence-corrected chi connectivity index (χ2v) is 5.87. The molecule has 0 atom stereocenters. The third-order valence-electron chi connectivity index (χ3n) is 2.48. The molecular formula is C11H17N3O4S. The molecule has 7 nitrogen and oxygen atoms in total. The van der Waals surface area contributed by atoms with Gasteiger partial charge in [0.15, 0.2) is 0 Å². The highest BCUT2D eigenvalue weighted by Gasteiger charge is 2.14. The van der Waals surface area contributed by atoms with Gasteiger partial charge in [-0.05, 0) is 19.5 Å². The van der Waals surface area contributed by atoms with E-state index < -0.39 is 14.9 Å². The molecule has 0 bridgehead atoms. The van der Waals surface area contributed by atoms with Gasteiger partial charge in [-0.3, -0.25) is 14.8 Å². The molecule has 0 spiro atoms. The Hall–Kier alpha value is -1.67. The molecule has 0 saturated heterocycles. The molecule has 0 fully saturated rings. The van der Waals surface area contributed by atoms with Crippen LogP contribution in [-0.2, 0) is 10.0 Å². The quantitative estimate of drug-likeness (QED) is 0.446.